The third-order valence-corrected chi connectivity index (χ3v) is 5.99. The van der Waals surface area contributed by atoms with Crippen molar-refractivity contribution in [2.24, 2.45) is 5.92 Å². The zero-order chi connectivity index (χ0) is 17.6. The Morgan fingerprint density at radius 3 is 2.88 bits per heavy atom. The van der Waals surface area contributed by atoms with Crippen molar-refractivity contribution in [1.29, 1.82) is 0 Å². The monoisotopic (exact) mass is 358 g/mol. The zero-order valence-corrected chi connectivity index (χ0v) is 15.0. The van der Waals surface area contributed by atoms with Crippen LogP contribution in [0.25, 0.3) is 5.65 Å². The average molecular weight is 358 g/mol. The fraction of sp³-hybridized carbons (Fsp3) is 0.722. The summed E-state index contributed by atoms with van der Waals surface area (Å²) in [5.41, 5.74) is 0.156. The van der Waals surface area contributed by atoms with Gasteiger partial charge >= 0.3 is 0 Å². The lowest BCUT2D eigenvalue weighted by molar-refractivity contribution is 0.0262. The van der Waals surface area contributed by atoms with E-state index in [-0.39, 0.29) is 0 Å². The quantitative estimate of drug-likeness (QED) is 0.780. The van der Waals surface area contributed by atoms with Crippen LogP contribution in [-0.2, 0) is 4.74 Å². The van der Waals surface area contributed by atoms with E-state index in [0.29, 0.717) is 31.6 Å². The highest BCUT2D eigenvalue weighted by molar-refractivity contribution is 5.47. The molecular weight excluding hydrogens is 332 g/mol. The van der Waals surface area contributed by atoms with Gasteiger partial charge in [-0.2, -0.15) is 4.52 Å². The molecule has 2 saturated heterocycles. The van der Waals surface area contributed by atoms with Crippen molar-refractivity contribution in [1.82, 2.24) is 25.1 Å². The zero-order valence-electron chi connectivity index (χ0n) is 15.0. The highest BCUT2D eigenvalue weighted by Crippen LogP contribution is 2.35. The summed E-state index contributed by atoms with van der Waals surface area (Å²) in [5, 5.41) is 27.1. The third-order valence-electron chi connectivity index (χ3n) is 5.99. The van der Waals surface area contributed by atoms with Gasteiger partial charge in [0.05, 0.1) is 6.61 Å². The van der Waals surface area contributed by atoms with Gasteiger partial charge in [0.1, 0.15) is 11.4 Å². The molecule has 1 saturated carbocycles. The molecule has 1 aliphatic carbocycles. The second kappa shape index (κ2) is 6.44. The van der Waals surface area contributed by atoms with Crippen molar-refractivity contribution >= 4 is 11.5 Å². The number of anilines is 1. The fourth-order valence-corrected chi connectivity index (χ4v) is 4.02. The van der Waals surface area contributed by atoms with Crippen LogP contribution in [0, 0.1) is 5.92 Å². The molecule has 3 fully saturated rings. The van der Waals surface area contributed by atoms with E-state index < -0.39 is 5.60 Å². The molecule has 1 atom stereocenters. The molecule has 0 radical (unpaired) electrons. The fourth-order valence-electron chi connectivity index (χ4n) is 4.02. The maximum atomic E-state index is 10.3. The summed E-state index contributed by atoms with van der Waals surface area (Å²) in [6.45, 7) is 4.61. The lowest BCUT2D eigenvalue weighted by Crippen LogP contribution is -2.53. The number of nitrogens with one attached hydrogen (secondary N) is 1. The Labute approximate surface area is 152 Å². The second-order valence-electron chi connectivity index (χ2n) is 8.08. The first kappa shape index (κ1) is 16.4. The molecule has 2 aromatic rings. The van der Waals surface area contributed by atoms with E-state index in [2.05, 4.69) is 20.4 Å². The van der Waals surface area contributed by atoms with Crippen molar-refractivity contribution in [2.45, 2.75) is 37.2 Å². The maximum absolute atomic E-state index is 10.3. The van der Waals surface area contributed by atoms with Gasteiger partial charge in [-0.25, -0.2) is 0 Å². The first-order chi connectivity index (χ1) is 12.7. The first-order valence-corrected chi connectivity index (χ1v) is 9.68. The maximum Gasteiger partial charge on any atom is 0.178 e. The summed E-state index contributed by atoms with van der Waals surface area (Å²) in [4.78, 5) is 2.30. The molecule has 26 heavy (non-hydrogen) atoms. The Morgan fingerprint density at radius 1 is 1.27 bits per heavy atom. The van der Waals surface area contributed by atoms with Gasteiger partial charge in [-0.15, -0.1) is 15.3 Å². The lowest BCUT2D eigenvalue weighted by atomic mass is 9.85. The molecule has 3 aliphatic rings. The number of rotatable bonds is 6. The van der Waals surface area contributed by atoms with Crippen LogP contribution >= 0.6 is 0 Å². The van der Waals surface area contributed by atoms with E-state index in [4.69, 9.17) is 9.84 Å². The van der Waals surface area contributed by atoms with E-state index in [1.54, 1.807) is 0 Å². The highest BCUT2D eigenvalue weighted by atomic mass is 16.5. The molecule has 4 heterocycles. The minimum atomic E-state index is -0.678. The Morgan fingerprint density at radius 2 is 2.15 bits per heavy atom. The molecule has 0 aromatic carbocycles. The Balaban J connectivity index is 1.17. The molecule has 8 heteroatoms. The van der Waals surface area contributed by atoms with Crippen molar-refractivity contribution in [3.05, 3.63) is 18.0 Å². The van der Waals surface area contributed by atoms with Gasteiger partial charge in [-0.1, -0.05) is 6.42 Å². The van der Waals surface area contributed by atoms with Crippen LogP contribution in [0.5, 0.6) is 0 Å². The van der Waals surface area contributed by atoms with Gasteiger partial charge in [-0.05, 0) is 25.0 Å². The number of aromatic nitrogens is 4. The number of aliphatic hydroxyl groups is 1. The summed E-state index contributed by atoms with van der Waals surface area (Å²) >= 11 is 0. The number of fused-ring (bicyclic) bond motifs is 1. The van der Waals surface area contributed by atoms with Crippen molar-refractivity contribution in [3.8, 4) is 0 Å². The normalized spacial score (nSPS) is 27.0. The van der Waals surface area contributed by atoms with Crippen LogP contribution < -0.4 is 10.2 Å². The number of hydrogen-bond donors (Lipinski definition) is 2. The Bertz CT molecular complexity index is 777. The number of hydrogen-bond acceptors (Lipinski definition) is 7. The van der Waals surface area contributed by atoms with Crippen molar-refractivity contribution in [2.75, 3.05) is 44.3 Å². The molecule has 1 unspecified atom stereocenters. The number of ether oxygens (including phenoxy) is 1. The minimum Gasteiger partial charge on any atom is -0.386 e. The van der Waals surface area contributed by atoms with E-state index in [1.807, 2.05) is 16.6 Å². The van der Waals surface area contributed by atoms with Gasteiger partial charge < -0.3 is 20.1 Å². The summed E-state index contributed by atoms with van der Waals surface area (Å²) in [6.07, 6.45) is 4.40. The SMILES string of the molecule is OC1(CNCC2CN(c3ccc4nnc(C5CCC5)n4n3)C2)CCOC1. The minimum absolute atomic E-state index is 0.447. The van der Waals surface area contributed by atoms with Gasteiger partial charge in [0.2, 0.25) is 0 Å². The smallest absolute Gasteiger partial charge is 0.178 e. The molecule has 8 nitrogen and oxygen atoms in total. The van der Waals surface area contributed by atoms with Crippen LogP contribution in [0.2, 0.25) is 0 Å². The molecule has 2 aromatic heterocycles. The molecule has 0 spiro atoms. The molecule has 140 valence electrons. The predicted octanol–water partition coefficient (Wildman–Crippen LogP) is 0.569. The second-order valence-corrected chi connectivity index (χ2v) is 8.08. The first-order valence-electron chi connectivity index (χ1n) is 9.68. The summed E-state index contributed by atoms with van der Waals surface area (Å²) in [5.74, 6) is 3.12. The standard InChI is InChI=1S/C18H26N6O2/c25-18(6-7-26-12-18)11-19-8-13-9-23(10-13)16-5-4-15-20-21-17(24(15)22-16)14-2-1-3-14/h4-5,13-14,19,25H,1-3,6-12H2. The largest absolute Gasteiger partial charge is 0.386 e. The third kappa shape index (κ3) is 2.95. The molecule has 0 bridgehead atoms. The molecule has 2 N–H and O–H groups in total. The van der Waals surface area contributed by atoms with Crippen molar-refractivity contribution in [3.63, 3.8) is 0 Å². The van der Waals surface area contributed by atoms with Gasteiger partial charge in [0.25, 0.3) is 0 Å². The summed E-state index contributed by atoms with van der Waals surface area (Å²) in [7, 11) is 0. The van der Waals surface area contributed by atoms with Gasteiger partial charge in [0, 0.05) is 51.0 Å². The van der Waals surface area contributed by atoms with Crippen LogP contribution in [-0.4, -0.2) is 69.9 Å². The number of nitrogens with zero attached hydrogens (tertiary/aromatic N) is 5. The average Bonchev–Trinajstić information content (AvgIpc) is 3.15. The van der Waals surface area contributed by atoms with E-state index in [9.17, 15) is 5.11 Å². The van der Waals surface area contributed by atoms with Gasteiger partial charge in [0.15, 0.2) is 11.5 Å². The van der Waals surface area contributed by atoms with Crippen LogP contribution in [0.15, 0.2) is 12.1 Å². The molecule has 2 aliphatic heterocycles. The Kier molecular flexibility index (Phi) is 4.06. The van der Waals surface area contributed by atoms with Crippen LogP contribution in [0.4, 0.5) is 5.82 Å². The van der Waals surface area contributed by atoms with Crippen LogP contribution in [0.1, 0.15) is 37.4 Å². The summed E-state index contributed by atoms with van der Waals surface area (Å²) in [6, 6.07) is 4.05. The molecule has 5 rings (SSSR count). The molecule has 0 amide bonds. The van der Waals surface area contributed by atoms with Gasteiger partial charge in [-0.3, -0.25) is 0 Å². The highest BCUT2D eigenvalue weighted by Gasteiger charge is 2.33. The van der Waals surface area contributed by atoms with Crippen molar-refractivity contribution < 1.29 is 9.84 Å². The van der Waals surface area contributed by atoms with E-state index >= 15 is 0 Å². The molecular formula is C18H26N6O2. The summed E-state index contributed by atoms with van der Waals surface area (Å²) < 4.78 is 7.21. The topological polar surface area (TPSA) is 87.8 Å². The van der Waals surface area contributed by atoms with E-state index in [0.717, 1.165) is 43.3 Å². The predicted molar refractivity (Wildman–Crippen MR) is 96.3 cm³/mol. The van der Waals surface area contributed by atoms with Crippen LogP contribution in [0.3, 0.4) is 0 Å². The lowest BCUT2D eigenvalue weighted by Gasteiger charge is -2.40. The van der Waals surface area contributed by atoms with E-state index in [1.165, 1.54) is 19.3 Å². The Hall–Kier alpha value is -1.77.